The minimum Gasteiger partial charge on any atom is -0.423 e. The molecule has 0 unspecified atom stereocenters. The minimum absolute atomic E-state index is 0.373. The van der Waals surface area contributed by atoms with E-state index in [2.05, 4.69) is 54.6 Å². The molecule has 0 saturated carbocycles. The van der Waals surface area contributed by atoms with Crippen molar-refractivity contribution in [1.82, 2.24) is 0 Å². The van der Waals surface area contributed by atoms with E-state index < -0.39 is 0 Å². The largest absolute Gasteiger partial charge is 0.423 e. The van der Waals surface area contributed by atoms with Crippen LogP contribution in [0.1, 0.15) is 15.9 Å². The van der Waals surface area contributed by atoms with Crippen molar-refractivity contribution in [1.29, 1.82) is 5.26 Å². The second kappa shape index (κ2) is 9.91. The maximum Gasteiger partial charge on any atom is 0.343 e. The number of rotatable bonds is 5. The third kappa shape index (κ3) is 5.03. The number of carbonyl (C=O) groups is 1. The van der Waals surface area contributed by atoms with Gasteiger partial charge in [0.1, 0.15) is 5.75 Å². The molecule has 5 rings (SSSR count). The van der Waals surface area contributed by atoms with Crippen molar-refractivity contribution in [2.75, 3.05) is 0 Å². The molecule has 5 aromatic carbocycles. The van der Waals surface area contributed by atoms with E-state index in [1.165, 1.54) is 0 Å². The molecule has 35 heavy (non-hydrogen) atoms. The van der Waals surface area contributed by atoms with E-state index in [9.17, 15) is 4.79 Å². The first kappa shape index (κ1) is 21.9. The van der Waals surface area contributed by atoms with Gasteiger partial charge in [-0.3, -0.25) is 0 Å². The predicted octanol–water partition coefficient (Wildman–Crippen LogP) is 7.78. The fourth-order valence-electron chi connectivity index (χ4n) is 3.90. The van der Waals surface area contributed by atoms with E-state index in [1.54, 1.807) is 24.3 Å². The lowest BCUT2D eigenvalue weighted by Crippen LogP contribution is -2.08. The molecule has 0 amide bonds. The van der Waals surface area contributed by atoms with Crippen LogP contribution in [0.3, 0.4) is 0 Å². The third-order valence-electron chi connectivity index (χ3n) is 5.86. The van der Waals surface area contributed by atoms with Gasteiger partial charge in [-0.2, -0.15) is 5.26 Å². The van der Waals surface area contributed by atoms with Crippen molar-refractivity contribution in [2.24, 2.45) is 0 Å². The first-order valence-electron chi connectivity index (χ1n) is 11.3. The van der Waals surface area contributed by atoms with Crippen LogP contribution in [0.4, 0.5) is 0 Å². The first-order chi connectivity index (χ1) is 17.2. The van der Waals surface area contributed by atoms with Crippen LogP contribution >= 0.6 is 0 Å². The van der Waals surface area contributed by atoms with Gasteiger partial charge in [0, 0.05) is 0 Å². The molecule has 0 fully saturated rings. The zero-order valence-corrected chi connectivity index (χ0v) is 18.9. The molecule has 0 saturated heterocycles. The van der Waals surface area contributed by atoms with E-state index in [0.717, 1.165) is 33.4 Å². The Morgan fingerprint density at radius 1 is 0.514 bits per heavy atom. The molecule has 166 valence electrons. The highest BCUT2D eigenvalue weighted by molar-refractivity contribution is 5.91. The van der Waals surface area contributed by atoms with Crippen LogP contribution in [-0.2, 0) is 0 Å². The highest BCUT2D eigenvalue weighted by Crippen LogP contribution is 2.28. The third-order valence-corrected chi connectivity index (χ3v) is 5.86. The standard InChI is InChI=1S/C32H21NO2/c33-22-23-6-8-24(9-7-23)25-10-12-26(13-11-25)27-14-16-28(17-15-27)29-18-20-30(21-19-29)32(34)35-31-4-2-1-3-5-31/h1-21H. The molecule has 0 aliphatic rings. The Bertz CT molecular complexity index is 1480. The lowest BCUT2D eigenvalue weighted by Gasteiger charge is -2.08. The normalized spacial score (nSPS) is 10.4. The van der Waals surface area contributed by atoms with Crippen molar-refractivity contribution in [3.63, 3.8) is 0 Å². The first-order valence-corrected chi connectivity index (χ1v) is 11.3. The molecule has 0 aliphatic carbocycles. The number of carbonyl (C=O) groups excluding carboxylic acids is 1. The summed E-state index contributed by atoms with van der Waals surface area (Å²) in [6.07, 6.45) is 0. The summed E-state index contributed by atoms with van der Waals surface area (Å²) in [5.41, 5.74) is 7.73. The van der Waals surface area contributed by atoms with Crippen molar-refractivity contribution in [2.45, 2.75) is 0 Å². The van der Waals surface area contributed by atoms with E-state index in [4.69, 9.17) is 10.00 Å². The molecule has 0 spiro atoms. The molecule has 0 N–H and O–H groups in total. The van der Waals surface area contributed by atoms with E-state index in [-0.39, 0.29) is 5.97 Å². The lowest BCUT2D eigenvalue weighted by atomic mass is 9.97. The van der Waals surface area contributed by atoms with Crippen LogP contribution in [-0.4, -0.2) is 5.97 Å². The molecule has 3 nitrogen and oxygen atoms in total. The Hall–Kier alpha value is -4.94. The highest BCUT2D eigenvalue weighted by atomic mass is 16.5. The summed E-state index contributed by atoms with van der Waals surface area (Å²) in [4.78, 5) is 12.4. The predicted molar refractivity (Wildman–Crippen MR) is 139 cm³/mol. The van der Waals surface area contributed by atoms with Crippen molar-refractivity contribution in [3.05, 3.63) is 139 Å². The molecule has 0 aliphatic heterocycles. The van der Waals surface area contributed by atoms with Crippen LogP contribution in [0.25, 0.3) is 33.4 Å². The summed E-state index contributed by atoms with van der Waals surface area (Å²) < 4.78 is 5.41. The number of benzene rings is 5. The molecule has 5 aromatic rings. The van der Waals surface area contributed by atoms with E-state index in [1.807, 2.05) is 54.6 Å². The summed E-state index contributed by atoms with van der Waals surface area (Å²) in [5, 5.41) is 8.97. The summed E-state index contributed by atoms with van der Waals surface area (Å²) >= 11 is 0. The molecule has 0 radical (unpaired) electrons. The number of nitriles is 1. The fourth-order valence-corrected chi connectivity index (χ4v) is 3.90. The zero-order chi connectivity index (χ0) is 24.0. The van der Waals surface area contributed by atoms with Crippen molar-refractivity contribution >= 4 is 5.97 Å². The number of para-hydroxylation sites is 1. The molecule has 0 aromatic heterocycles. The Morgan fingerprint density at radius 3 is 1.29 bits per heavy atom. The number of ether oxygens (including phenoxy) is 1. The van der Waals surface area contributed by atoms with Crippen molar-refractivity contribution in [3.8, 4) is 45.2 Å². The summed E-state index contributed by atoms with van der Waals surface area (Å²) in [7, 11) is 0. The number of hydrogen-bond donors (Lipinski definition) is 0. The molecule has 0 heterocycles. The van der Waals surface area contributed by atoms with E-state index >= 15 is 0 Å². The Kier molecular flexibility index (Phi) is 6.19. The van der Waals surface area contributed by atoms with E-state index in [0.29, 0.717) is 16.9 Å². The van der Waals surface area contributed by atoms with Gasteiger partial charge in [0.25, 0.3) is 0 Å². The maximum absolute atomic E-state index is 12.4. The van der Waals surface area contributed by atoms with Crippen LogP contribution < -0.4 is 4.74 Å². The smallest absolute Gasteiger partial charge is 0.343 e. The average Bonchev–Trinajstić information content (AvgIpc) is 2.94. The quantitative estimate of drug-likeness (QED) is 0.202. The number of nitrogens with zero attached hydrogens (tertiary/aromatic N) is 1. The summed E-state index contributed by atoms with van der Waals surface area (Å²) in [6.45, 7) is 0. The monoisotopic (exact) mass is 451 g/mol. The average molecular weight is 452 g/mol. The van der Waals surface area contributed by atoms with Gasteiger partial charge in [0.15, 0.2) is 0 Å². The molecular formula is C32H21NO2. The van der Waals surface area contributed by atoms with Crippen LogP contribution in [0.15, 0.2) is 127 Å². The molecule has 3 heteroatoms. The van der Waals surface area contributed by atoms with Gasteiger partial charge in [-0.15, -0.1) is 0 Å². The van der Waals surface area contributed by atoms with Gasteiger partial charge >= 0.3 is 5.97 Å². The molecular weight excluding hydrogens is 430 g/mol. The topological polar surface area (TPSA) is 50.1 Å². The summed E-state index contributed by atoms with van der Waals surface area (Å²) in [6, 6.07) is 43.0. The molecule has 0 atom stereocenters. The Morgan fingerprint density at radius 2 is 0.886 bits per heavy atom. The Labute approximate surface area is 204 Å². The maximum atomic E-state index is 12.4. The highest BCUT2D eigenvalue weighted by Gasteiger charge is 2.09. The van der Waals surface area contributed by atoms with Crippen molar-refractivity contribution < 1.29 is 9.53 Å². The lowest BCUT2D eigenvalue weighted by molar-refractivity contribution is 0.0735. The second-order valence-electron chi connectivity index (χ2n) is 8.12. The van der Waals surface area contributed by atoms with Gasteiger partial charge in [-0.25, -0.2) is 4.79 Å². The van der Waals surface area contributed by atoms with Gasteiger partial charge in [0.05, 0.1) is 17.2 Å². The Balaban J connectivity index is 1.28. The number of hydrogen-bond acceptors (Lipinski definition) is 3. The minimum atomic E-state index is -0.373. The van der Waals surface area contributed by atoms with Crippen LogP contribution in [0.2, 0.25) is 0 Å². The van der Waals surface area contributed by atoms with Gasteiger partial charge in [0.2, 0.25) is 0 Å². The molecule has 0 bridgehead atoms. The van der Waals surface area contributed by atoms with Gasteiger partial charge in [-0.05, 0) is 69.8 Å². The van der Waals surface area contributed by atoms with Gasteiger partial charge < -0.3 is 4.74 Å². The van der Waals surface area contributed by atoms with Gasteiger partial charge in [-0.1, -0.05) is 91.0 Å². The SMILES string of the molecule is N#Cc1ccc(-c2ccc(-c3ccc(-c4ccc(C(=O)Oc5ccccc5)cc4)cc3)cc2)cc1. The van der Waals surface area contributed by atoms with Crippen LogP contribution in [0.5, 0.6) is 5.75 Å². The number of esters is 1. The van der Waals surface area contributed by atoms with Crippen LogP contribution in [0, 0.1) is 11.3 Å². The summed E-state index contributed by atoms with van der Waals surface area (Å²) in [5.74, 6) is 0.157. The fraction of sp³-hybridized carbons (Fsp3) is 0. The second-order valence-corrected chi connectivity index (χ2v) is 8.12. The zero-order valence-electron chi connectivity index (χ0n) is 18.9.